The molecule has 1 amide bonds. The summed E-state index contributed by atoms with van der Waals surface area (Å²) in [6, 6.07) is 3.64. The molecule has 6 heteroatoms. The van der Waals surface area contributed by atoms with Crippen LogP contribution in [0.2, 0.25) is 0 Å². The minimum atomic E-state index is -0.0928. The van der Waals surface area contributed by atoms with Gasteiger partial charge in [0.2, 0.25) is 0 Å². The lowest BCUT2D eigenvalue weighted by Crippen LogP contribution is -2.30. The summed E-state index contributed by atoms with van der Waals surface area (Å²) in [7, 11) is 0. The van der Waals surface area contributed by atoms with E-state index in [1.54, 1.807) is 11.0 Å². The molecular weight excluding hydrogens is 324 g/mol. The standard InChI is InChI=1S/C14H15BrN2O3/c1-8-6-12(15)19-13(8)14(18)17-5-3-4-10(17)11-7-9(2)16-20-11/h6-7,10H,3-5H2,1-2H3/t10-/m0/s1. The van der Waals surface area contributed by atoms with E-state index in [0.29, 0.717) is 17.0 Å². The predicted molar refractivity (Wildman–Crippen MR) is 75.4 cm³/mol. The van der Waals surface area contributed by atoms with Gasteiger partial charge in [-0.05, 0) is 48.7 Å². The molecule has 1 saturated heterocycles. The van der Waals surface area contributed by atoms with Crippen LogP contribution in [-0.2, 0) is 0 Å². The number of amides is 1. The third kappa shape index (κ3) is 2.28. The molecule has 0 aliphatic carbocycles. The SMILES string of the molecule is Cc1cc([C@@H]2CCCN2C(=O)c2oc(Br)cc2C)on1. The quantitative estimate of drug-likeness (QED) is 0.838. The van der Waals surface area contributed by atoms with Gasteiger partial charge in [-0.2, -0.15) is 0 Å². The van der Waals surface area contributed by atoms with Crippen LogP contribution in [0.5, 0.6) is 0 Å². The molecule has 0 N–H and O–H groups in total. The van der Waals surface area contributed by atoms with Gasteiger partial charge in [-0.15, -0.1) is 0 Å². The van der Waals surface area contributed by atoms with Crippen LogP contribution < -0.4 is 0 Å². The average Bonchev–Trinajstić information content (AvgIpc) is 3.08. The molecule has 0 spiro atoms. The molecule has 20 heavy (non-hydrogen) atoms. The minimum absolute atomic E-state index is 0.0491. The number of hydrogen-bond acceptors (Lipinski definition) is 4. The molecule has 0 aromatic carbocycles. The van der Waals surface area contributed by atoms with Crippen molar-refractivity contribution in [1.29, 1.82) is 0 Å². The molecule has 3 rings (SSSR count). The number of furan rings is 1. The molecule has 1 aliphatic heterocycles. The van der Waals surface area contributed by atoms with Gasteiger partial charge in [0.15, 0.2) is 16.2 Å². The predicted octanol–water partition coefficient (Wildman–Crippen LogP) is 3.62. The smallest absolute Gasteiger partial charge is 0.290 e. The maximum absolute atomic E-state index is 12.6. The first-order valence-electron chi connectivity index (χ1n) is 6.56. The summed E-state index contributed by atoms with van der Waals surface area (Å²) in [6.07, 6.45) is 1.85. The van der Waals surface area contributed by atoms with Gasteiger partial charge in [0.25, 0.3) is 5.91 Å². The topological polar surface area (TPSA) is 59.5 Å². The van der Waals surface area contributed by atoms with Crippen molar-refractivity contribution >= 4 is 21.8 Å². The van der Waals surface area contributed by atoms with Gasteiger partial charge in [0, 0.05) is 18.2 Å². The Morgan fingerprint density at radius 3 is 2.85 bits per heavy atom. The largest absolute Gasteiger partial charge is 0.444 e. The van der Waals surface area contributed by atoms with E-state index in [1.165, 1.54) is 0 Å². The first-order chi connectivity index (χ1) is 9.56. The second-order valence-electron chi connectivity index (χ2n) is 5.09. The summed E-state index contributed by atoms with van der Waals surface area (Å²) in [4.78, 5) is 14.4. The van der Waals surface area contributed by atoms with Crippen molar-refractivity contribution in [3.05, 3.63) is 39.6 Å². The Morgan fingerprint density at radius 2 is 2.25 bits per heavy atom. The summed E-state index contributed by atoms with van der Waals surface area (Å²) < 4.78 is 11.3. The second kappa shape index (κ2) is 5.09. The molecule has 106 valence electrons. The molecule has 0 bridgehead atoms. The van der Waals surface area contributed by atoms with Crippen LogP contribution in [0, 0.1) is 13.8 Å². The van der Waals surface area contributed by atoms with Gasteiger partial charge in [-0.1, -0.05) is 5.16 Å². The Hall–Kier alpha value is -1.56. The Bertz CT molecular complexity index is 647. The average molecular weight is 339 g/mol. The molecular formula is C14H15BrN2O3. The number of likely N-dealkylation sites (tertiary alicyclic amines) is 1. The highest BCUT2D eigenvalue weighted by atomic mass is 79.9. The van der Waals surface area contributed by atoms with E-state index in [4.69, 9.17) is 8.94 Å². The van der Waals surface area contributed by atoms with Gasteiger partial charge < -0.3 is 13.8 Å². The lowest BCUT2D eigenvalue weighted by Gasteiger charge is -2.21. The maximum Gasteiger partial charge on any atom is 0.290 e. The Morgan fingerprint density at radius 1 is 1.45 bits per heavy atom. The van der Waals surface area contributed by atoms with Crippen molar-refractivity contribution < 1.29 is 13.7 Å². The zero-order chi connectivity index (χ0) is 14.3. The number of hydrogen-bond donors (Lipinski definition) is 0. The number of nitrogens with zero attached hydrogens (tertiary/aromatic N) is 2. The molecule has 1 fully saturated rings. The molecule has 0 saturated carbocycles. The van der Waals surface area contributed by atoms with E-state index >= 15 is 0 Å². The number of rotatable bonds is 2. The molecule has 1 atom stereocenters. The van der Waals surface area contributed by atoms with E-state index in [0.717, 1.165) is 29.9 Å². The van der Waals surface area contributed by atoms with Gasteiger partial charge in [0.05, 0.1) is 11.7 Å². The monoisotopic (exact) mass is 338 g/mol. The number of carbonyl (C=O) groups excluding carboxylic acids is 1. The van der Waals surface area contributed by atoms with Crippen molar-refractivity contribution in [3.8, 4) is 0 Å². The highest BCUT2D eigenvalue weighted by Gasteiger charge is 2.35. The molecule has 2 aromatic heterocycles. The zero-order valence-corrected chi connectivity index (χ0v) is 12.9. The summed E-state index contributed by atoms with van der Waals surface area (Å²) in [5.41, 5.74) is 1.66. The fourth-order valence-corrected chi connectivity index (χ4v) is 3.14. The highest BCUT2D eigenvalue weighted by Crippen LogP contribution is 2.34. The van der Waals surface area contributed by atoms with Crippen molar-refractivity contribution in [2.24, 2.45) is 0 Å². The van der Waals surface area contributed by atoms with Crippen LogP contribution in [-0.4, -0.2) is 22.5 Å². The Kier molecular flexibility index (Phi) is 3.41. The number of halogens is 1. The van der Waals surface area contributed by atoms with E-state index in [2.05, 4.69) is 21.1 Å². The minimum Gasteiger partial charge on any atom is -0.444 e. The van der Waals surface area contributed by atoms with E-state index in [1.807, 2.05) is 19.9 Å². The van der Waals surface area contributed by atoms with Gasteiger partial charge in [0.1, 0.15) is 0 Å². The maximum atomic E-state index is 12.6. The first-order valence-corrected chi connectivity index (χ1v) is 7.35. The molecule has 0 unspecified atom stereocenters. The normalized spacial score (nSPS) is 18.8. The Labute approximate surface area is 125 Å². The van der Waals surface area contributed by atoms with Gasteiger partial charge >= 0.3 is 0 Å². The number of aryl methyl sites for hydroxylation is 2. The van der Waals surface area contributed by atoms with Gasteiger partial charge in [-0.25, -0.2) is 0 Å². The van der Waals surface area contributed by atoms with Crippen molar-refractivity contribution in [3.63, 3.8) is 0 Å². The first kappa shape index (κ1) is 13.4. The lowest BCUT2D eigenvalue weighted by molar-refractivity contribution is 0.0680. The van der Waals surface area contributed by atoms with Crippen LogP contribution >= 0.6 is 15.9 Å². The van der Waals surface area contributed by atoms with Gasteiger partial charge in [-0.3, -0.25) is 4.79 Å². The van der Waals surface area contributed by atoms with Crippen LogP contribution in [0.3, 0.4) is 0 Å². The lowest BCUT2D eigenvalue weighted by atomic mass is 10.1. The summed E-state index contributed by atoms with van der Waals surface area (Å²) in [5.74, 6) is 1.04. The fraction of sp³-hybridized carbons (Fsp3) is 0.429. The third-order valence-corrected chi connectivity index (χ3v) is 3.96. The van der Waals surface area contributed by atoms with Crippen LogP contribution in [0.15, 0.2) is 25.7 Å². The third-order valence-electron chi connectivity index (χ3n) is 3.57. The molecule has 2 aromatic rings. The molecule has 5 nitrogen and oxygen atoms in total. The zero-order valence-electron chi connectivity index (χ0n) is 11.4. The molecule has 0 radical (unpaired) electrons. The summed E-state index contributed by atoms with van der Waals surface area (Å²) >= 11 is 3.26. The van der Waals surface area contributed by atoms with Crippen LogP contribution in [0.1, 0.15) is 46.5 Å². The summed E-state index contributed by atoms with van der Waals surface area (Å²) in [6.45, 7) is 4.45. The number of aromatic nitrogens is 1. The summed E-state index contributed by atoms with van der Waals surface area (Å²) in [5, 5.41) is 3.91. The van der Waals surface area contributed by atoms with E-state index < -0.39 is 0 Å². The van der Waals surface area contributed by atoms with E-state index in [9.17, 15) is 4.79 Å². The molecule has 3 heterocycles. The van der Waals surface area contributed by atoms with Crippen molar-refractivity contribution in [1.82, 2.24) is 10.1 Å². The molecule has 1 aliphatic rings. The second-order valence-corrected chi connectivity index (χ2v) is 5.87. The van der Waals surface area contributed by atoms with Crippen molar-refractivity contribution in [2.75, 3.05) is 6.54 Å². The Balaban J connectivity index is 1.89. The fourth-order valence-electron chi connectivity index (χ4n) is 2.63. The van der Waals surface area contributed by atoms with E-state index in [-0.39, 0.29) is 11.9 Å². The van der Waals surface area contributed by atoms with Crippen LogP contribution in [0.25, 0.3) is 0 Å². The van der Waals surface area contributed by atoms with Crippen molar-refractivity contribution in [2.45, 2.75) is 32.7 Å². The number of carbonyl (C=O) groups is 1. The van der Waals surface area contributed by atoms with Crippen LogP contribution in [0.4, 0.5) is 0 Å². The highest BCUT2D eigenvalue weighted by molar-refractivity contribution is 9.10.